The van der Waals surface area contributed by atoms with E-state index in [4.69, 9.17) is 4.74 Å². The number of nitrogens with zero attached hydrogens (tertiary/aromatic N) is 8. The van der Waals surface area contributed by atoms with Crippen molar-refractivity contribution in [3.05, 3.63) is 30.2 Å². The standard InChI is InChI=1S/C19H24N8O/c1-12-13(2)20-9-21-17(12)26-7-14-6-15(8-26)27(14)19-16-18(22-10-23-19)25(11-24-16)4-5-28-3/h9-11,14-15H,4-8H2,1-3H3. The van der Waals surface area contributed by atoms with E-state index in [0.717, 1.165) is 53.7 Å². The lowest BCUT2D eigenvalue weighted by Crippen LogP contribution is -2.69. The fourth-order valence-electron chi connectivity index (χ4n) is 4.38. The van der Waals surface area contributed by atoms with E-state index in [1.54, 1.807) is 19.8 Å². The summed E-state index contributed by atoms with van der Waals surface area (Å²) >= 11 is 0. The highest BCUT2D eigenvalue weighted by Crippen LogP contribution is 2.39. The fourth-order valence-corrected chi connectivity index (χ4v) is 4.38. The summed E-state index contributed by atoms with van der Waals surface area (Å²) in [6.45, 7) is 7.37. The van der Waals surface area contributed by atoms with Crippen molar-refractivity contribution in [2.45, 2.75) is 38.9 Å². The minimum absolute atomic E-state index is 0.413. The molecule has 0 N–H and O–H groups in total. The first-order valence-corrected chi connectivity index (χ1v) is 9.63. The highest BCUT2D eigenvalue weighted by atomic mass is 16.5. The van der Waals surface area contributed by atoms with E-state index in [1.807, 2.05) is 17.8 Å². The summed E-state index contributed by atoms with van der Waals surface area (Å²) in [6.07, 6.45) is 6.31. The van der Waals surface area contributed by atoms with E-state index in [9.17, 15) is 0 Å². The molecule has 0 aliphatic carbocycles. The maximum atomic E-state index is 5.19. The first-order valence-electron chi connectivity index (χ1n) is 9.63. The van der Waals surface area contributed by atoms with Gasteiger partial charge in [0.25, 0.3) is 0 Å². The number of methoxy groups -OCH3 is 1. The van der Waals surface area contributed by atoms with Gasteiger partial charge in [-0.2, -0.15) is 0 Å². The van der Waals surface area contributed by atoms with Gasteiger partial charge in [0, 0.05) is 38.0 Å². The van der Waals surface area contributed by atoms with Gasteiger partial charge in [-0.25, -0.2) is 24.9 Å². The molecule has 146 valence electrons. The van der Waals surface area contributed by atoms with Crippen molar-refractivity contribution in [1.29, 1.82) is 0 Å². The number of piperidine rings is 1. The van der Waals surface area contributed by atoms with Crippen molar-refractivity contribution in [3.8, 4) is 0 Å². The molecular formula is C19H24N8O. The Labute approximate surface area is 163 Å². The van der Waals surface area contributed by atoms with Crippen molar-refractivity contribution < 1.29 is 4.74 Å². The molecule has 6 rings (SSSR count). The van der Waals surface area contributed by atoms with Crippen LogP contribution in [0.1, 0.15) is 17.7 Å². The summed E-state index contributed by atoms with van der Waals surface area (Å²) in [7, 11) is 1.70. The molecule has 6 heterocycles. The second kappa shape index (κ2) is 6.66. The van der Waals surface area contributed by atoms with E-state index < -0.39 is 0 Å². The van der Waals surface area contributed by atoms with E-state index in [1.165, 1.54) is 6.42 Å². The van der Waals surface area contributed by atoms with Gasteiger partial charge < -0.3 is 19.1 Å². The van der Waals surface area contributed by atoms with Gasteiger partial charge in [0.2, 0.25) is 0 Å². The lowest BCUT2D eigenvalue weighted by Gasteiger charge is -2.57. The molecule has 0 amide bonds. The number of imidazole rings is 1. The van der Waals surface area contributed by atoms with Crippen LogP contribution in [-0.4, -0.2) is 68.4 Å². The van der Waals surface area contributed by atoms with E-state index in [2.05, 4.69) is 41.6 Å². The number of rotatable bonds is 5. The third-order valence-electron chi connectivity index (χ3n) is 5.97. The zero-order valence-electron chi connectivity index (χ0n) is 16.4. The Morgan fingerprint density at radius 1 is 1.00 bits per heavy atom. The van der Waals surface area contributed by atoms with Gasteiger partial charge in [-0.05, 0) is 20.3 Å². The highest BCUT2D eigenvalue weighted by Gasteiger charge is 2.46. The largest absolute Gasteiger partial charge is 0.383 e. The molecule has 2 unspecified atom stereocenters. The number of piperazine rings is 1. The van der Waals surface area contributed by atoms with Crippen molar-refractivity contribution in [2.75, 3.05) is 36.6 Å². The molecule has 0 aromatic carbocycles. The third-order valence-corrected chi connectivity index (χ3v) is 5.97. The van der Waals surface area contributed by atoms with Gasteiger partial charge >= 0.3 is 0 Å². The average molecular weight is 380 g/mol. The molecule has 3 saturated heterocycles. The van der Waals surface area contributed by atoms with Gasteiger partial charge in [-0.15, -0.1) is 0 Å². The molecule has 28 heavy (non-hydrogen) atoms. The van der Waals surface area contributed by atoms with Gasteiger partial charge in [0.1, 0.15) is 18.5 Å². The number of aromatic nitrogens is 6. The topological polar surface area (TPSA) is 85.1 Å². The van der Waals surface area contributed by atoms with Crippen LogP contribution in [0.4, 0.5) is 11.6 Å². The number of aryl methyl sites for hydroxylation is 1. The van der Waals surface area contributed by atoms with Crippen LogP contribution >= 0.6 is 0 Å². The molecule has 3 aromatic heterocycles. The van der Waals surface area contributed by atoms with Crippen molar-refractivity contribution >= 4 is 22.8 Å². The smallest absolute Gasteiger partial charge is 0.165 e. The van der Waals surface area contributed by atoms with Crippen molar-refractivity contribution in [2.24, 2.45) is 0 Å². The Balaban J connectivity index is 1.41. The van der Waals surface area contributed by atoms with Crippen LogP contribution in [0.25, 0.3) is 11.2 Å². The van der Waals surface area contributed by atoms with Crippen LogP contribution in [0.3, 0.4) is 0 Å². The summed E-state index contributed by atoms with van der Waals surface area (Å²) in [5, 5.41) is 0. The molecule has 3 fully saturated rings. The average Bonchev–Trinajstić information content (AvgIpc) is 3.12. The molecule has 3 aliphatic rings. The molecule has 9 heteroatoms. The quantitative estimate of drug-likeness (QED) is 0.656. The SMILES string of the molecule is COCCn1cnc2c(N3C4CC3CN(c3ncnc(C)c3C)C4)ncnc21. The zero-order valence-corrected chi connectivity index (χ0v) is 16.4. The first kappa shape index (κ1) is 17.3. The lowest BCUT2D eigenvalue weighted by molar-refractivity contribution is 0.188. The zero-order chi connectivity index (χ0) is 19.3. The normalized spacial score (nSPS) is 21.2. The third kappa shape index (κ3) is 2.61. The molecule has 0 radical (unpaired) electrons. The Bertz CT molecular complexity index is 1010. The predicted molar refractivity (Wildman–Crippen MR) is 106 cm³/mol. The van der Waals surface area contributed by atoms with Crippen LogP contribution < -0.4 is 9.80 Å². The number of hydrogen-bond donors (Lipinski definition) is 0. The van der Waals surface area contributed by atoms with Crippen LogP contribution in [0, 0.1) is 13.8 Å². The highest BCUT2D eigenvalue weighted by molar-refractivity contribution is 5.84. The van der Waals surface area contributed by atoms with E-state index in [0.29, 0.717) is 18.7 Å². The van der Waals surface area contributed by atoms with Crippen molar-refractivity contribution in [3.63, 3.8) is 0 Å². The van der Waals surface area contributed by atoms with E-state index in [-0.39, 0.29) is 0 Å². The summed E-state index contributed by atoms with van der Waals surface area (Å²) in [5.74, 6) is 2.00. The fraction of sp³-hybridized carbons (Fsp3) is 0.526. The molecule has 3 aromatic rings. The Hall–Kier alpha value is -2.81. The maximum absolute atomic E-state index is 5.19. The van der Waals surface area contributed by atoms with Crippen LogP contribution in [-0.2, 0) is 11.3 Å². The van der Waals surface area contributed by atoms with Crippen LogP contribution in [0.5, 0.6) is 0 Å². The Morgan fingerprint density at radius 2 is 1.75 bits per heavy atom. The second-order valence-corrected chi connectivity index (χ2v) is 7.56. The molecule has 2 bridgehead atoms. The lowest BCUT2D eigenvalue weighted by atomic mass is 9.87. The van der Waals surface area contributed by atoms with Gasteiger partial charge in [-0.1, -0.05) is 0 Å². The summed E-state index contributed by atoms with van der Waals surface area (Å²) in [6, 6.07) is 0.825. The predicted octanol–water partition coefficient (Wildman–Crippen LogP) is 1.35. The number of fused-ring (bicyclic) bond motifs is 3. The minimum Gasteiger partial charge on any atom is -0.383 e. The molecule has 2 atom stereocenters. The number of ether oxygens (including phenoxy) is 1. The summed E-state index contributed by atoms with van der Waals surface area (Å²) < 4.78 is 7.21. The Kier molecular flexibility index (Phi) is 4.12. The van der Waals surface area contributed by atoms with Gasteiger partial charge in [-0.3, -0.25) is 0 Å². The first-order chi connectivity index (χ1) is 13.7. The Morgan fingerprint density at radius 3 is 2.54 bits per heavy atom. The van der Waals surface area contributed by atoms with E-state index >= 15 is 0 Å². The maximum Gasteiger partial charge on any atom is 0.165 e. The van der Waals surface area contributed by atoms with Crippen LogP contribution in [0.2, 0.25) is 0 Å². The minimum atomic E-state index is 0.413. The van der Waals surface area contributed by atoms with Crippen LogP contribution in [0.15, 0.2) is 19.0 Å². The number of anilines is 2. The second-order valence-electron chi connectivity index (χ2n) is 7.56. The molecule has 9 nitrogen and oxygen atoms in total. The van der Waals surface area contributed by atoms with Crippen molar-refractivity contribution in [1.82, 2.24) is 29.5 Å². The molecule has 0 spiro atoms. The van der Waals surface area contributed by atoms with Gasteiger partial charge in [0.05, 0.1) is 25.0 Å². The molecular weight excluding hydrogens is 356 g/mol. The van der Waals surface area contributed by atoms with Gasteiger partial charge in [0.15, 0.2) is 17.0 Å². The summed E-state index contributed by atoms with van der Waals surface area (Å²) in [4.78, 5) is 27.3. The number of hydrogen-bond acceptors (Lipinski definition) is 8. The molecule has 0 saturated carbocycles. The summed E-state index contributed by atoms with van der Waals surface area (Å²) in [5.41, 5.74) is 3.94. The molecule has 3 aliphatic heterocycles. The monoisotopic (exact) mass is 380 g/mol.